The molecule has 0 bridgehead atoms. The van der Waals surface area contributed by atoms with Crippen molar-refractivity contribution in [2.24, 2.45) is 5.92 Å². The Morgan fingerprint density at radius 3 is 2.59 bits per heavy atom. The van der Waals surface area contributed by atoms with Crippen molar-refractivity contribution >= 4 is 44.6 Å². The Hall–Kier alpha value is -2.44. The number of nitro groups is 1. The van der Waals surface area contributed by atoms with Gasteiger partial charge >= 0.3 is 5.69 Å². The van der Waals surface area contributed by atoms with Crippen LogP contribution in [0.2, 0.25) is 0 Å². The largest absolute Gasteiger partial charge is 0.354 e. The van der Waals surface area contributed by atoms with Crippen molar-refractivity contribution in [3.63, 3.8) is 0 Å². The summed E-state index contributed by atoms with van der Waals surface area (Å²) in [6.07, 6.45) is 0.961. The number of anilines is 1. The first-order valence-corrected chi connectivity index (χ1v) is 13.1. The molecule has 0 aliphatic carbocycles. The summed E-state index contributed by atoms with van der Waals surface area (Å²) in [6.45, 7) is 9.46. The molecule has 0 saturated carbocycles. The van der Waals surface area contributed by atoms with Crippen LogP contribution in [0, 0.1) is 36.8 Å². The quantitative estimate of drug-likeness (QED) is 0.276. The molecule has 0 fully saturated rings. The van der Waals surface area contributed by atoms with Crippen LogP contribution >= 0.6 is 23.1 Å². The summed E-state index contributed by atoms with van der Waals surface area (Å²) in [4.78, 5) is 27.9. The van der Waals surface area contributed by atoms with Gasteiger partial charge in [-0.15, -0.1) is 23.1 Å². The Kier molecular flexibility index (Phi) is 6.96. The van der Waals surface area contributed by atoms with Crippen molar-refractivity contribution < 1.29 is 13.3 Å². The molecule has 0 spiro atoms. The molecule has 2 aliphatic rings. The molecule has 12 heteroatoms. The highest BCUT2D eigenvalue weighted by Crippen LogP contribution is 2.39. The molecule has 1 aromatic carbocycles. The number of aryl methyl sites for hydroxylation is 2. The fourth-order valence-electron chi connectivity index (χ4n) is 3.01. The molecular formula is C20H24N4O5S3. The van der Waals surface area contributed by atoms with Crippen LogP contribution in [0.3, 0.4) is 0 Å². The van der Waals surface area contributed by atoms with E-state index < -0.39 is 20.6 Å². The van der Waals surface area contributed by atoms with Gasteiger partial charge in [-0.3, -0.25) is 19.4 Å². The second kappa shape index (κ2) is 9.20. The average Bonchev–Trinajstić information content (AvgIpc) is 3.00. The molecule has 0 radical (unpaired) electrons. The van der Waals surface area contributed by atoms with E-state index in [4.69, 9.17) is 0 Å². The summed E-state index contributed by atoms with van der Waals surface area (Å²) in [6, 6.07) is 3.67. The van der Waals surface area contributed by atoms with Gasteiger partial charge in [-0.2, -0.15) is 4.98 Å². The van der Waals surface area contributed by atoms with E-state index in [0.717, 1.165) is 27.3 Å². The number of hydrogen-bond donors (Lipinski definition) is 1. The maximum Gasteiger partial charge on any atom is 0.354 e. The van der Waals surface area contributed by atoms with Gasteiger partial charge in [-0.25, -0.2) is 13.2 Å². The normalized spacial score (nSPS) is 11.9. The third-order valence-corrected chi connectivity index (χ3v) is 8.79. The molecule has 0 saturated heterocycles. The first kappa shape index (κ1) is 24.2. The molecule has 0 aromatic heterocycles. The molecule has 1 aromatic rings. The zero-order chi connectivity index (χ0) is 23.8. The van der Waals surface area contributed by atoms with Gasteiger partial charge in [0, 0.05) is 22.2 Å². The highest BCUT2D eigenvalue weighted by atomic mass is 32.2. The number of rotatable bonds is 8. The number of nitrogens with one attached hydrogen (secondary N) is 1. The summed E-state index contributed by atoms with van der Waals surface area (Å²) in [5, 5.41) is 11.2. The van der Waals surface area contributed by atoms with Crippen molar-refractivity contribution in [1.29, 1.82) is 0 Å². The van der Waals surface area contributed by atoms with Crippen LogP contribution in [-0.4, -0.2) is 28.6 Å². The lowest BCUT2D eigenvalue weighted by molar-refractivity contribution is -0.385. The Bertz CT molecular complexity index is 1310. The third-order valence-electron chi connectivity index (χ3n) is 4.98. The van der Waals surface area contributed by atoms with Crippen molar-refractivity contribution in [2.45, 2.75) is 50.1 Å². The van der Waals surface area contributed by atoms with Crippen LogP contribution < -0.4 is 10.4 Å². The summed E-state index contributed by atoms with van der Waals surface area (Å²) >= 11 is 3.04. The molecule has 3 rings (SSSR count). The molecule has 172 valence electrons. The van der Waals surface area contributed by atoms with Gasteiger partial charge in [0.15, 0.2) is 5.82 Å². The van der Waals surface area contributed by atoms with Gasteiger partial charge in [0.25, 0.3) is 15.7 Å². The van der Waals surface area contributed by atoms with Crippen LogP contribution in [0.4, 0.5) is 11.5 Å². The third kappa shape index (κ3) is 4.81. The van der Waals surface area contributed by atoms with Gasteiger partial charge < -0.3 is 0 Å². The first-order chi connectivity index (χ1) is 14.9. The van der Waals surface area contributed by atoms with E-state index in [1.165, 1.54) is 35.0 Å². The fourth-order valence-corrected chi connectivity index (χ4v) is 6.80. The number of aromatic nitrogens is 2. The predicted molar refractivity (Wildman–Crippen MR) is 127 cm³/mol. The zero-order valence-corrected chi connectivity index (χ0v) is 20.8. The molecule has 1 N–H and O–H groups in total. The van der Waals surface area contributed by atoms with Gasteiger partial charge in [-0.1, -0.05) is 19.9 Å². The van der Waals surface area contributed by atoms with Crippen LogP contribution in [0.25, 0.3) is 5.69 Å². The lowest BCUT2D eigenvalue weighted by Crippen LogP contribution is -2.17. The monoisotopic (exact) mass is 496 g/mol. The second-order valence-electron chi connectivity index (χ2n) is 7.80. The van der Waals surface area contributed by atoms with Crippen molar-refractivity contribution in [2.75, 3.05) is 10.5 Å². The molecule has 0 amide bonds. The summed E-state index contributed by atoms with van der Waals surface area (Å²) < 4.78 is 30.6. The van der Waals surface area contributed by atoms with Gasteiger partial charge in [0.2, 0.25) is 0 Å². The van der Waals surface area contributed by atoms with E-state index in [2.05, 4.69) is 23.6 Å². The van der Waals surface area contributed by atoms with E-state index in [-0.39, 0.29) is 16.4 Å². The molecule has 0 atom stereocenters. The lowest BCUT2D eigenvalue weighted by atomic mass is 10.2. The molecule has 2 heterocycles. The number of imidazole rings is 1. The highest BCUT2D eigenvalue weighted by molar-refractivity contribution is 8.01. The minimum atomic E-state index is -4.21. The van der Waals surface area contributed by atoms with E-state index >= 15 is 0 Å². The summed E-state index contributed by atoms with van der Waals surface area (Å²) in [5.41, 5.74) is 0.562. The highest BCUT2D eigenvalue weighted by Gasteiger charge is 2.28. The standard InChI is InChI=1S/C20H24N4O5S3/c1-11(2)8-9-30-19-17-18(21-20(25)23(17)13(4)14(5)31-19)22-32(28,29)15-7-6-12(3)16(10-15)24(26)27/h6-7,10-11H,8-9H2,1-5H3,(H,21,22,25). The second-order valence-corrected chi connectivity index (χ2v) is 12.1. The Labute approximate surface area is 194 Å². The minimum absolute atomic E-state index is 0.0791. The lowest BCUT2D eigenvalue weighted by Gasteiger charge is -2.16. The Balaban J connectivity index is 2.08. The van der Waals surface area contributed by atoms with Crippen LogP contribution in [0.1, 0.15) is 36.4 Å². The zero-order valence-electron chi connectivity index (χ0n) is 18.3. The number of sulfonamides is 1. The SMILES string of the molecule is Cc1ccc(S(=O)(=O)Nc2nc(=O)n3c(C)c(C)sc(SCCC(C)C)c2-3)cc1[N+](=O)[O-]. The van der Waals surface area contributed by atoms with Gasteiger partial charge in [0.05, 0.1) is 14.0 Å². The topological polar surface area (TPSA) is 124 Å². The van der Waals surface area contributed by atoms with E-state index in [1.807, 2.05) is 6.92 Å². The van der Waals surface area contributed by atoms with Crippen LogP contribution in [0.15, 0.2) is 32.1 Å². The van der Waals surface area contributed by atoms with E-state index in [9.17, 15) is 23.3 Å². The number of benzene rings is 1. The summed E-state index contributed by atoms with van der Waals surface area (Å²) in [7, 11) is -4.21. The predicted octanol–water partition coefficient (Wildman–Crippen LogP) is 4.50. The van der Waals surface area contributed by atoms with Crippen molar-refractivity contribution in [1.82, 2.24) is 9.55 Å². The molecule has 32 heavy (non-hydrogen) atoms. The number of hydrogen-bond acceptors (Lipinski definition) is 8. The molecule has 9 nitrogen and oxygen atoms in total. The maximum absolute atomic E-state index is 13.0. The smallest absolute Gasteiger partial charge is 0.261 e. The van der Waals surface area contributed by atoms with Gasteiger partial charge in [-0.05, 0) is 44.9 Å². The molecule has 2 aliphatic heterocycles. The number of nitro benzene ring substituents is 1. The number of thioether (sulfide) groups is 1. The van der Waals surface area contributed by atoms with Gasteiger partial charge in [0.1, 0.15) is 5.69 Å². The van der Waals surface area contributed by atoms with E-state index in [1.54, 1.807) is 18.7 Å². The molecule has 0 unspecified atom stereocenters. The van der Waals surface area contributed by atoms with Crippen molar-refractivity contribution in [3.8, 4) is 5.69 Å². The average molecular weight is 497 g/mol. The number of nitrogens with zero attached hydrogens (tertiary/aromatic N) is 3. The molecular weight excluding hydrogens is 472 g/mol. The van der Waals surface area contributed by atoms with Crippen LogP contribution in [0.5, 0.6) is 0 Å². The van der Waals surface area contributed by atoms with E-state index in [0.29, 0.717) is 22.9 Å². The fraction of sp³-hybridized carbons (Fsp3) is 0.400. The first-order valence-electron chi connectivity index (χ1n) is 9.85. The van der Waals surface area contributed by atoms with Crippen LogP contribution in [-0.2, 0) is 10.0 Å². The Morgan fingerprint density at radius 1 is 1.28 bits per heavy atom. The number of fused-ring (bicyclic) bond motifs is 1. The Morgan fingerprint density at radius 2 is 1.97 bits per heavy atom. The van der Waals surface area contributed by atoms with Crippen molar-refractivity contribution in [3.05, 3.63) is 54.9 Å². The minimum Gasteiger partial charge on any atom is -0.261 e. The maximum atomic E-state index is 13.0. The summed E-state index contributed by atoms with van der Waals surface area (Å²) in [5.74, 6) is 1.23.